The summed E-state index contributed by atoms with van der Waals surface area (Å²) in [5.41, 5.74) is 1.21. The maximum absolute atomic E-state index is 10.9. The molecule has 0 saturated carbocycles. The molecular weight excluding hydrogens is 218 g/mol. The van der Waals surface area contributed by atoms with E-state index in [1.807, 2.05) is 37.3 Å². The maximum Gasteiger partial charge on any atom is 0.227 e. The standard InChI is InChI=1S/C13H13NO3/c1-2-6-10-11(13(15)16)17-12(14-10)9-7-4-3-5-8-9/h3-5,7-8H,2,6H2,1H3,(H,15,16)/p-1. The van der Waals surface area contributed by atoms with Crippen LogP contribution in [0.15, 0.2) is 34.7 Å². The molecule has 1 heterocycles. The van der Waals surface area contributed by atoms with Gasteiger partial charge in [0.05, 0.1) is 5.69 Å². The predicted molar refractivity (Wildman–Crippen MR) is 60.3 cm³/mol. The van der Waals surface area contributed by atoms with Gasteiger partial charge in [0.25, 0.3) is 0 Å². The Bertz CT molecular complexity index is 517. The van der Waals surface area contributed by atoms with Crippen LogP contribution in [0.5, 0.6) is 0 Å². The van der Waals surface area contributed by atoms with Crippen LogP contribution >= 0.6 is 0 Å². The molecule has 4 heteroatoms. The van der Waals surface area contributed by atoms with Gasteiger partial charge in [-0.1, -0.05) is 31.5 Å². The number of aryl methyl sites for hydroxylation is 1. The van der Waals surface area contributed by atoms with Crippen LogP contribution in [-0.2, 0) is 6.42 Å². The van der Waals surface area contributed by atoms with Gasteiger partial charge in [0, 0.05) is 5.56 Å². The largest absolute Gasteiger partial charge is 0.541 e. The summed E-state index contributed by atoms with van der Waals surface area (Å²) in [7, 11) is 0. The normalized spacial score (nSPS) is 10.4. The van der Waals surface area contributed by atoms with Crippen LogP contribution in [0.2, 0.25) is 0 Å². The summed E-state index contributed by atoms with van der Waals surface area (Å²) in [6.07, 6.45) is 1.38. The lowest BCUT2D eigenvalue weighted by molar-refractivity contribution is -0.257. The molecule has 0 bridgehead atoms. The average molecular weight is 230 g/mol. The molecule has 0 aliphatic carbocycles. The molecule has 88 valence electrons. The summed E-state index contributed by atoms with van der Waals surface area (Å²) in [5, 5.41) is 10.9. The highest BCUT2D eigenvalue weighted by molar-refractivity contribution is 5.84. The number of carboxylic acid groups (broad SMARTS) is 1. The predicted octanol–water partition coefficient (Wildman–Crippen LogP) is 1.66. The number of benzene rings is 1. The second-order valence-corrected chi connectivity index (χ2v) is 3.70. The molecule has 1 aromatic heterocycles. The molecule has 0 fully saturated rings. The molecule has 2 aromatic rings. The van der Waals surface area contributed by atoms with Gasteiger partial charge in [-0.3, -0.25) is 0 Å². The third-order valence-corrected chi connectivity index (χ3v) is 2.39. The minimum atomic E-state index is -1.32. The highest BCUT2D eigenvalue weighted by Gasteiger charge is 2.14. The quantitative estimate of drug-likeness (QED) is 0.801. The lowest BCUT2D eigenvalue weighted by Gasteiger charge is -1.98. The fourth-order valence-electron chi connectivity index (χ4n) is 1.62. The van der Waals surface area contributed by atoms with Crippen molar-refractivity contribution in [2.45, 2.75) is 19.8 Å². The summed E-state index contributed by atoms with van der Waals surface area (Å²) in [6, 6.07) is 9.20. The molecule has 0 aliphatic rings. The third-order valence-electron chi connectivity index (χ3n) is 2.39. The molecule has 0 amide bonds. The van der Waals surface area contributed by atoms with Crippen molar-refractivity contribution < 1.29 is 14.3 Å². The smallest absolute Gasteiger partial charge is 0.227 e. The molecule has 0 atom stereocenters. The SMILES string of the molecule is CCCc1nc(-c2ccccc2)oc1C(=O)[O-]. The Hall–Kier alpha value is -2.10. The lowest BCUT2D eigenvalue weighted by atomic mass is 10.2. The summed E-state index contributed by atoms with van der Waals surface area (Å²) in [6.45, 7) is 1.95. The van der Waals surface area contributed by atoms with Crippen molar-refractivity contribution in [3.63, 3.8) is 0 Å². The number of hydrogen-bond acceptors (Lipinski definition) is 4. The molecule has 1 aromatic carbocycles. The monoisotopic (exact) mass is 230 g/mol. The molecule has 0 unspecified atom stereocenters. The van der Waals surface area contributed by atoms with E-state index in [2.05, 4.69) is 4.98 Å². The zero-order valence-electron chi connectivity index (χ0n) is 9.47. The van der Waals surface area contributed by atoms with Gasteiger partial charge in [-0.15, -0.1) is 0 Å². The highest BCUT2D eigenvalue weighted by atomic mass is 16.4. The average Bonchev–Trinajstić information content (AvgIpc) is 2.75. The highest BCUT2D eigenvalue weighted by Crippen LogP contribution is 2.22. The minimum absolute atomic E-state index is 0.161. The second kappa shape index (κ2) is 4.82. The van der Waals surface area contributed by atoms with E-state index in [0.29, 0.717) is 18.0 Å². The molecule has 0 saturated heterocycles. The summed E-state index contributed by atoms with van der Waals surface area (Å²) in [5.74, 6) is -1.15. The van der Waals surface area contributed by atoms with Crippen molar-refractivity contribution in [2.75, 3.05) is 0 Å². The van der Waals surface area contributed by atoms with E-state index in [0.717, 1.165) is 12.0 Å². The van der Waals surface area contributed by atoms with Crippen molar-refractivity contribution >= 4 is 5.97 Å². The Labute approximate surface area is 98.9 Å². The molecule has 0 aliphatic heterocycles. The summed E-state index contributed by atoms with van der Waals surface area (Å²) < 4.78 is 5.24. The van der Waals surface area contributed by atoms with Gasteiger partial charge in [-0.25, -0.2) is 4.98 Å². The molecule has 0 radical (unpaired) electrons. The van der Waals surface area contributed by atoms with Crippen molar-refractivity contribution in [3.05, 3.63) is 41.8 Å². The van der Waals surface area contributed by atoms with Gasteiger partial charge in [0.2, 0.25) is 5.89 Å². The number of rotatable bonds is 4. The Morgan fingerprint density at radius 2 is 2.06 bits per heavy atom. The first-order chi connectivity index (χ1) is 8.22. The Morgan fingerprint density at radius 1 is 1.35 bits per heavy atom. The molecule has 4 nitrogen and oxygen atoms in total. The van der Waals surface area contributed by atoms with Crippen LogP contribution in [0, 0.1) is 0 Å². The zero-order valence-corrected chi connectivity index (χ0v) is 9.47. The van der Waals surface area contributed by atoms with Crippen LogP contribution < -0.4 is 5.11 Å². The first-order valence-corrected chi connectivity index (χ1v) is 5.49. The van der Waals surface area contributed by atoms with Crippen molar-refractivity contribution in [2.24, 2.45) is 0 Å². The van der Waals surface area contributed by atoms with E-state index in [-0.39, 0.29) is 5.76 Å². The van der Waals surface area contributed by atoms with E-state index in [4.69, 9.17) is 4.42 Å². The summed E-state index contributed by atoms with van der Waals surface area (Å²) in [4.78, 5) is 15.1. The van der Waals surface area contributed by atoms with Crippen molar-refractivity contribution in [1.82, 2.24) is 4.98 Å². The number of oxazole rings is 1. The van der Waals surface area contributed by atoms with E-state index in [1.54, 1.807) is 0 Å². The first-order valence-electron chi connectivity index (χ1n) is 5.49. The number of hydrogen-bond donors (Lipinski definition) is 0. The molecular formula is C13H12NO3-. The van der Waals surface area contributed by atoms with Gasteiger partial charge >= 0.3 is 0 Å². The minimum Gasteiger partial charge on any atom is -0.541 e. The van der Waals surface area contributed by atoms with Crippen LogP contribution in [0.3, 0.4) is 0 Å². The first kappa shape index (κ1) is 11.4. The number of carbonyl (C=O) groups is 1. The van der Waals surface area contributed by atoms with Crippen LogP contribution in [-0.4, -0.2) is 11.0 Å². The molecule has 0 spiro atoms. The number of aromatic carboxylic acids is 1. The topological polar surface area (TPSA) is 66.2 Å². The van der Waals surface area contributed by atoms with Gasteiger partial charge < -0.3 is 14.3 Å². The Morgan fingerprint density at radius 3 is 2.65 bits per heavy atom. The number of carbonyl (C=O) groups excluding carboxylic acids is 1. The van der Waals surface area contributed by atoms with E-state index in [9.17, 15) is 9.90 Å². The lowest BCUT2D eigenvalue weighted by Crippen LogP contribution is -2.23. The second-order valence-electron chi connectivity index (χ2n) is 3.70. The van der Waals surface area contributed by atoms with E-state index < -0.39 is 5.97 Å². The Balaban J connectivity index is 2.44. The van der Waals surface area contributed by atoms with E-state index in [1.165, 1.54) is 0 Å². The van der Waals surface area contributed by atoms with Crippen LogP contribution in [0.25, 0.3) is 11.5 Å². The van der Waals surface area contributed by atoms with Gasteiger partial charge in [0.15, 0.2) is 5.76 Å². The number of nitrogens with zero attached hydrogens (tertiary/aromatic N) is 1. The van der Waals surface area contributed by atoms with Gasteiger partial charge in [-0.2, -0.15) is 0 Å². The van der Waals surface area contributed by atoms with Gasteiger partial charge in [0.1, 0.15) is 5.97 Å². The molecule has 2 rings (SSSR count). The zero-order chi connectivity index (χ0) is 12.3. The fraction of sp³-hybridized carbons (Fsp3) is 0.231. The molecule has 17 heavy (non-hydrogen) atoms. The number of carboxylic acids is 1. The Kier molecular flexibility index (Phi) is 3.23. The van der Waals surface area contributed by atoms with Crippen LogP contribution in [0.4, 0.5) is 0 Å². The van der Waals surface area contributed by atoms with Crippen LogP contribution in [0.1, 0.15) is 29.6 Å². The molecule has 0 N–H and O–H groups in total. The van der Waals surface area contributed by atoms with E-state index >= 15 is 0 Å². The van der Waals surface area contributed by atoms with Crippen molar-refractivity contribution in [1.29, 1.82) is 0 Å². The maximum atomic E-state index is 10.9. The summed E-state index contributed by atoms with van der Waals surface area (Å²) >= 11 is 0. The van der Waals surface area contributed by atoms with Crippen molar-refractivity contribution in [3.8, 4) is 11.5 Å². The fourth-order valence-corrected chi connectivity index (χ4v) is 1.62. The third kappa shape index (κ3) is 2.36. The number of aromatic nitrogens is 1. The van der Waals surface area contributed by atoms with Gasteiger partial charge in [-0.05, 0) is 18.6 Å².